The van der Waals surface area contributed by atoms with Gasteiger partial charge in [0.1, 0.15) is 24.2 Å². The highest BCUT2D eigenvalue weighted by Gasteiger charge is 2.31. The number of amides is 3. The topological polar surface area (TPSA) is 191 Å². The van der Waals surface area contributed by atoms with Crippen molar-refractivity contribution in [1.29, 1.82) is 0 Å². The lowest BCUT2D eigenvalue weighted by Crippen LogP contribution is -2.59. The number of aliphatic hydroxyl groups is 2. The van der Waals surface area contributed by atoms with Gasteiger partial charge in [0, 0.05) is 6.42 Å². The summed E-state index contributed by atoms with van der Waals surface area (Å²) in [6.07, 6.45) is -1.14. The van der Waals surface area contributed by atoms with Crippen LogP contribution < -0.4 is 21.7 Å². The van der Waals surface area contributed by atoms with E-state index in [9.17, 15) is 34.5 Å². The summed E-state index contributed by atoms with van der Waals surface area (Å²) in [5, 5.41) is 35.4. The maximum atomic E-state index is 12.8. The van der Waals surface area contributed by atoms with E-state index in [1.54, 1.807) is 44.2 Å². The Morgan fingerprint density at radius 1 is 0.906 bits per heavy atom. The number of carboxylic acid groups (broad SMARTS) is 1. The Kier molecular flexibility index (Phi) is 10.8. The van der Waals surface area contributed by atoms with Gasteiger partial charge in [0.05, 0.1) is 12.7 Å². The first kappa shape index (κ1) is 27.0. The fraction of sp³-hybridized carbons (Fsp3) is 0.524. The first-order valence-corrected chi connectivity index (χ1v) is 10.2. The Morgan fingerprint density at radius 3 is 1.91 bits per heavy atom. The van der Waals surface area contributed by atoms with Crippen molar-refractivity contribution in [3.8, 4) is 0 Å². The normalized spacial score (nSPS) is 15.7. The van der Waals surface area contributed by atoms with Gasteiger partial charge in [-0.05, 0) is 18.4 Å². The highest BCUT2D eigenvalue weighted by atomic mass is 16.4. The minimum Gasteiger partial charge on any atom is -0.480 e. The van der Waals surface area contributed by atoms with Gasteiger partial charge in [-0.1, -0.05) is 44.2 Å². The number of benzene rings is 1. The molecule has 0 saturated heterocycles. The molecule has 0 radical (unpaired) electrons. The summed E-state index contributed by atoms with van der Waals surface area (Å²) in [6.45, 7) is 3.78. The van der Waals surface area contributed by atoms with Crippen LogP contribution in [0.4, 0.5) is 0 Å². The van der Waals surface area contributed by atoms with Crippen molar-refractivity contribution in [1.82, 2.24) is 16.0 Å². The van der Waals surface area contributed by atoms with E-state index < -0.39 is 66.5 Å². The smallest absolute Gasteiger partial charge is 0.326 e. The molecule has 1 aromatic carbocycles. The third-order valence-electron chi connectivity index (χ3n) is 4.78. The molecule has 5 atom stereocenters. The lowest BCUT2D eigenvalue weighted by atomic mass is 10.0. The first-order valence-electron chi connectivity index (χ1n) is 10.2. The van der Waals surface area contributed by atoms with Crippen LogP contribution in [-0.4, -0.2) is 75.9 Å². The molecular formula is C21H32N4O7. The third kappa shape index (κ3) is 8.25. The molecule has 0 heterocycles. The lowest BCUT2D eigenvalue weighted by molar-refractivity contribution is -0.143. The van der Waals surface area contributed by atoms with Gasteiger partial charge < -0.3 is 37.0 Å². The molecule has 0 aliphatic heterocycles. The van der Waals surface area contributed by atoms with Crippen molar-refractivity contribution >= 4 is 23.7 Å². The van der Waals surface area contributed by atoms with Gasteiger partial charge in [-0.15, -0.1) is 0 Å². The molecule has 11 heteroatoms. The van der Waals surface area contributed by atoms with Crippen LogP contribution in [0.5, 0.6) is 0 Å². The number of nitrogens with two attached hydrogens (primary N) is 1. The summed E-state index contributed by atoms with van der Waals surface area (Å²) >= 11 is 0. The maximum absolute atomic E-state index is 12.8. The molecule has 0 bridgehead atoms. The van der Waals surface area contributed by atoms with Crippen LogP contribution in [0.2, 0.25) is 0 Å². The number of hydrogen-bond donors (Lipinski definition) is 7. The molecule has 0 aromatic heterocycles. The van der Waals surface area contributed by atoms with Gasteiger partial charge in [-0.3, -0.25) is 14.4 Å². The molecule has 0 fully saturated rings. The number of carbonyl (C=O) groups is 4. The van der Waals surface area contributed by atoms with Gasteiger partial charge in [0.15, 0.2) is 0 Å². The van der Waals surface area contributed by atoms with E-state index in [1.807, 2.05) is 0 Å². The van der Waals surface area contributed by atoms with E-state index in [0.29, 0.717) is 5.56 Å². The zero-order valence-electron chi connectivity index (χ0n) is 18.3. The monoisotopic (exact) mass is 452 g/mol. The molecule has 0 aliphatic carbocycles. The largest absolute Gasteiger partial charge is 0.480 e. The molecule has 5 unspecified atom stereocenters. The molecule has 3 amide bonds. The second-order valence-electron chi connectivity index (χ2n) is 7.83. The highest BCUT2D eigenvalue weighted by molar-refractivity contribution is 5.94. The number of hydrogen-bond acceptors (Lipinski definition) is 7. The van der Waals surface area contributed by atoms with Crippen LogP contribution in [0.1, 0.15) is 26.3 Å². The summed E-state index contributed by atoms with van der Waals surface area (Å²) in [5.41, 5.74) is 6.23. The summed E-state index contributed by atoms with van der Waals surface area (Å²) in [6, 6.07) is 3.63. The molecule has 1 aromatic rings. The number of rotatable bonds is 12. The number of aliphatic hydroxyl groups excluding tert-OH is 2. The summed E-state index contributed by atoms with van der Waals surface area (Å²) < 4.78 is 0. The lowest BCUT2D eigenvalue weighted by Gasteiger charge is -2.25. The van der Waals surface area contributed by atoms with Crippen LogP contribution in [0.15, 0.2) is 30.3 Å². The van der Waals surface area contributed by atoms with E-state index in [-0.39, 0.29) is 6.42 Å². The fourth-order valence-corrected chi connectivity index (χ4v) is 2.78. The van der Waals surface area contributed by atoms with Crippen LogP contribution in [0.3, 0.4) is 0 Å². The Hall–Kier alpha value is -3.02. The highest BCUT2D eigenvalue weighted by Crippen LogP contribution is 2.07. The molecule has 0 aliphatic rings. The third-order valence-corrected chi connectivity index (χ3v) is 4.78. The van der Waals surface area contributed by atoms with Crippen molar-refractivity contribution in [2.75, 3.05) is 6.61 Å². The molecule has 0 spiro atoms. The average Bonchev–Trinajstić information content (AvgIpc) is 2.74. The zero-order chi connectivity index (χ0) is 24.4. The van der Waals surface area contributed by atoms with E-state index >= 15 is 0 Å². The number of carbonyl (C=O) groups excluding carboxylic acids is 3. The fourth-order valence-electron chi connectivity index (χ4n) is 2.78. The molecule has 1 rings (SSSR count). The quantitative estimate of drug-likeness (QED) is 0.192. The summed E-state index contributed by atoms with van der Waals surface area (Å²) in [7, 11) is 0. The van der Waals surface area contributed by atoms with Crippen molar-refractivity contribution < 1.29 is 34.5 Å². The van der Waals surface area contributed by atoms with Gasteiger partial charge in [-0.25, -0.2) is 4.79 Å². The second kappa shape index (κ2) is 12.7. The Balaban J connectivity index is 3.02. The zero-order valence-corrected chi connectivity index (χ0v) is 18.3. The summed E-state index contributed by atoms with van der Waals surface area (Å²) in [5.74, 6) is -4.08. The second-order valence-corrected chi connectivity index (χ2v) is 7.83. The van der Waals surface area contributed by atoms with Crippen molar-refractivity contribution in [3.63, 3.8) is 0 Å². The predicted molar refractivity (Wildman–Crippen MR) is 115 cm³/mol. The first-order chi connectivity index (χ1) is 15.0. The number of carboxylic acids is 1. The standard InChI is InChI=1S/C21H32N4O7/c1-11(2)17(21(31)32)25-18(28)14(9-13-7-5-4-6-8-13)23-19(29)15(10-26)24-20(30)16(22)12(3)27/h4-8,11-12,14-17,26-27H,9-10,22H2,1-3H3,(H,23,29)(H,24,30)(H,25,28)(H,31,32). The number of aliphatic carboxylic acids is 1. The van der Waals surface area contributed by atoms with E-state index in [1.165, 1.54) is 6.92 Å². The van der Waals surface area contributed by atoms with Crippen LogP contribution >= 0.6 is 0 Å². The minimum absolute atomic E-state index is 0.0438. The van der Waals surface area contributed by atoms with Crippen LogP contribution in [0, 0.1) is 5.92 Å². The van der Waals surface area contributed by atoms with Crippen LogP contribution in [-0.2, 0) is 25.6 Å². The molecule has 32 heavy (non-hydrogen) atoms. The van der Waals surface area contributed by atoms with Gasteiger partial charge in [0.25, 0.3) is 0 Å². The number of nitrogens with one attached hydrogen (secondary N) is 3. The van der Waals surface area contributed by atoms with E-state index in [2.05, 4.69) is 16.0 Å². The van der Waals surface area contributed by atoms with E-state index in [4.69, 9.17) is 5.73 Å². The van der Waals surface area contributed by atoms with Crippen molar-refractivity contribution in [2.45, 2.75) is 57.5 Å². The summed E-state index contributed by atoms with van der Waals surface area (Å²) in [4.78, 5) is 49.0. The molecular weight excluding hydrogens is 420 g/mol. The maximum Gasteiger partial charge on any atom is 0.326 e. The van der Waals surface area contributed by atoms with Crippen molar-refractivity contribution in [2.24, 2.45) is 11.7 Å². The SMILES string of the molecule is CC(C)C(NC(=O)C(Cc1ccccc1)NC(=O)C(CO)NC(=O)C(N)C(C)O)C(=O)O. The Labute approximate surface area is 186 Å². The predicted octanol–water partition coefficient (Wildman–Crippen LogP) is -1.88. The molecule has 0 saturated carbocycles. The van der Waals surface area contributed by atoms with Crippen molar-refractivity contribution in [3.05, 3.63) is 35.9 Å². The average molecular weight is 453 g/mol. The molecule has 11 nitrogen and oxygen atoms in total. The Morgan fingerprint density at radius 2 is 1.44 bits per heavy atom. The van der Waals surface area contributed by atoms with Gasteiger partial charge in [0.2, 0.25) is 17.7 Å². The van der Waals surface area contributed by atoms with Gasteiger partial charge in [-0.2, -0.15) is 0 Å². The minimum atomic E-state index is -1.43. The van der Waals surface area contributed by atoms with Gasteiger partial charge >= 0.3 is 5.97 Å². The Bertz CT molecular complexity index is 786. The molecule has 8 N–H and O–H groups in total. The van der Waals surface area contributed by atoms with E-state index in [0.717, 1.165) is 0 Å². The molecule has 178 valence electrons. The van der Waals surface area contributed by atoms with Crippen LogP contribution in [0.25, 0.3) is 0 Å².